The highest BCUT2D eigenvalue weighted by atomic mass is 19.4. The molecule has 224 valence electrons. The number of fused-ring (bicyclic) bond motifs is 1. The quantitative estimate of drug-likeness (QED) is 0.169. The van der Waals surface area contributed by atoms with Crippen LogP contribution in [0.3, 0.4) is 0 Å². The van der Waals surface area contributed by atoms with Gasteiger partial charge in [0, 0.05) is 19.1 Å². The van der Waals surface area contributed by atoms with Gasteiger partial charge >= 0.3 is 6.18 Å². The lowest BCUT2D eigenvalue weighted by Gasteiger charge is -2.38. The lowest BCUT2D eigenvalue weighted by molar-refractivity contribution is -0.137. The summed E-state index contributed by atoms with van der Waals surface area (Å²) >= 11 is 0. The fourth-order valence-electron chi connectivity index (χ4n) is 6.00. The van der Waals surface area contributed by atoms with Gasteiger partial charge in [-0.15, -0.1) is 0 Å². The molecule has 0 bridgehead atoms. The predicted molar refractivity (Wildman–Crippen MR) is 158 cm³/mol. The molecule has 1 aliphatic heterocycles. The van der Waals surface area contributed by atoms with Crippen LogP contribution in [0.5, 0.6) is 11.5 Å². The number of hydrogen-bond donors (Lipinski definition) is 0. The van der Waals surface area contributed by atoms with Gasteiger partial charge in [-0.3, -0.25) is 4.90 Å². The molecular weight excluding hydrogens is 511 g/mol. The predicted octanol–water partition coefficient (Wildman–Crippen LogP) is 10.3. The lowest BCUT2D eigenvalue weighted by atomic mass is 9.88. The van der Waals surface area contributed by atoms with E-state index in [1.165, 1.54) is 100 Å². The first-order valence-electron chi connectivity index (χ1n) is 15.5. The second-order valence-corrected chi connectivity index (χ2v) is 11.4. The maximum absolute atomic E-state index is 13.1. The summed E-state index contributed by atoms with van der Waals surface area (Å²) in [4.78, 5) is 2.43. The van der Waals surface area contributed by atoms with Gasteiger partial charge < -0.3 is 9.47 Å². The van der Waals surface area contributed by atoms with Crippen molar-refractivity contribution in [1.82, 2.24) is 4.90 Å². The normalized spacial score (nSPS) is 15.7. The number of ether oxygens (including phenoxy) is 2. The largest absolute Gasteiger partial charge is 0.493 e. The molecule has 0 radical (unpaired) electrons. The van der Waals surface area contributed by atoms with E-state index in [2.05, 4.69) is 24.0 Å². The molecule has 1 unspecified atom stereocenters. The van der Waals surface area contributed by atoms with Crippen molar-refractivity contribution in [2.24, 2.45) is 0 Å². The number of hydrogen-bond acceptors (Lipinski definition) is 3. The van der Waals surface area contributed by atoms with Crippen LogP contribution in [0.4, 0.5) is 13.2 Å². The van der Waals surface area contributed by atoms with E-state index in [1.54, 1.807) is 26.4 Å². The molecule has 0 aromatic heterocycles. The number of unbranched alkanes of at least 4 members (excludes halogenated alkanes) is 12. The number of halogens is 3. The zero-order valence-corrected chi connectivity index (χ0v) is 25.0. The van der Waals surface area contributed by atoms with E-state index in [4.69, 9.17) is 9.47 Å². The summed E-state index contributed by atoms with van der Waals surface area (Å²) < 4.78 is 50.4. The van der Waals surface area contributed by atoms with Gasteiger partial charge in [0.05, 0.1) is 19.8 Å². The molecule has 6 heteroatoms. The first-order chi connectivity index (χ1) is 19.4. The third-order valence-corrected chi connectivity index (χ3v) is 8.36. The average Bonchev–Trinajstić information content (AvgIpc) is 2.95. The Morgan fingerprint density at radius 2 is 1.27 bits per heavy atom. The zero-order chi connectivity index (χ0) is 28.8. The smallest absolute Gasteiger partial charge is 0.416 e. The Kier molecular flexibility index (Phi) is 13.7. The number of benzene rings is 2. The average molecular weight is 562 g/mol. The molecule has 1 atom stereocenters. The topological polar surface area (TPSA) is 21.7 Å². The van der Waals surface area contributed by atoms with E-state index < -0.39 is 11.7 Å². The Labute approximate surface area is 240 Å². The summed E-state index contributed by atoms with van der Waals surface area (Å²) in [7, 11) is 3.32. The van der Waals surface area contributed by atoms with Gasteiger partial charge in [0.15, 0.2) is 11.5 Å². The molecule has 0 fully saturated rings. The molecule has 0 saturated heterocycles. The van der Waals surface area contributed by atoms with E-state index >= 15 is 0 Å². The van der Waals surface area contributed by atoms with E-state index in [0.29, 0.717) is 6.54 Å². The molecule has 1 heterocycles. The summed E-state index contributed by atoms with van der Waals surface area (Å²) in [6.45, 7) is 3.77. The lowest BCUT2D eigenvalue weighted by Crippen LogP contribution is -2.35. The molecule has 3 rings (SSSR count). The van der Waals surface area contributed by atoms with Crippen LogP contribution in [0.15, 0.2) is 36.4 Å². The third-order valence-electron chi connectivity index (χ3n) is 8.36. The number of rotatable bonds is 18. The SMILES string of the molecule is CCCCCCCCCCCCCCCC1c2cc(OC)c(OC)cc2CCN1Cc1ccc(C(F)(F)F)cc1. The summed E-state index contributed by atoms with van der Waals surface area (Å²) in [5.74, 6) is 1.48. The van der Waals surface area contributed by atoms with Crippen molar-refractivity contribution >= 4 is 0 Å². The highest BCUT2D eigenvalue weighted by Gasteiger charge is 2.31. The second-order valence-electron chi connectivity index (χ2n) is 11.4. The van der Waals surface area contributed by atoms with Crippen LogP contribution in [0.1, 0.15) is 125 Å². The van der Waals surface area contributed by atoms with Gasteiger partial charge in [-0.25, -0.2) is 0 Å². The molecule has 0 spiro atoms. The van der Waals surface area contributed by atoms with Crippen LogP contribution < -0.4 is 9.47 Å². The second kappa shape index (κ2) is 16.9. The van der Waals surface area contributed by atoms with Crippen molar-refractivity contribution in [2.45, 2.75) is 122 Å². The first-order valence-corrected chi connectivity index (χ1v) is 15.5. The van der Waals surface area contributed by atoms with Crippen molar-refractivity contribution in [3.8, 4) is 11.5 Å². The van der Waals surface area contributed by atoms with Crippen LogP contribution in [-0.4, -0.2) is 25.7 Å². The Hall–Kier alpha value is -2.21. The summed E-state index contributed by atoms with van der Waals surface area (Å²) in [6, 6.07) is 10.1. The van der Waals surface area contributed by atoms with Crippen LogP contribution in [0.25, 0.3) is 0 Å². The maximum Gasteiger partial charge on any atom is 0.416 e. The summed E-state index contributed by atoms with van der Waals surface area (Å²) in [5.41, 5.74) is 2.85. The number of alkyl halides is 3. The Bertz CT molecular complexity index is 990. The van der Waals surface area contributed by atoms with Crippen LogP contribution in [-0.2, 0) is 19.1 Å². The Morgan fingerprint density at radius 1 is 0.750 bits per heavy atom. The van der Waals surface area contributed by atoms with E-state index in [0.717, 1.165) is 42.9 Å². The molecule has 0 N–H and O–H groups in total. The minimum Gasteiger partial charge on any atom is -0.493 e. The van der Waals surface area contributed by atoms with E-state index in [1.807, 2.05) is 0 Å². The molecule has 0 aliphatic carbocycles. The van der Waals surface area contributed by atoms with Crippen molar-refractivity contribution in [2.75, 3.05) is 20.8 Å². The number of methoxy groups -OCH3 is 2. The molecule has 3 nitrogen and oxygen atoms in total. The monoisotopic (exact) mass is 561 g/mol. The first kappa shape index (κ1) is 32.3. The molecular formula is C34H50F3NO2. The Morgan fingerprint density at radius 3 is 1.80 bits per heavy atom. The number of nitrogens with zero attached hydrogens (tertiary/aromatic N) is 1. The highest BCUT2D eigenvalue weighted by molar-refractivity contribution is 5.49. The van der Waals surface area contributed by atoms with Crippen molar-refractivity contribution in [3.05, 3.63) is 58.7 Å². The summed E-state index contributed by atoms with van der Waals surface area (Å²) in [6.07, 6.45) is 14.8. The molecule has 1 aliphatic rings. The zero-order valence-electron chi connectivity index (χ0n) is 25.0. The van der Waals surface area contributed by atoms with Crippen molar-refractivity contribution in [3.63, 3.8) is 0 Å². The highest BCUT2D eigenvalue weighted by Crippen LogP contribution is 2.41. The standard InChI is InChI=1S/C34H50F3NO2/c1-4-5-6-7-8-9-10-11-12-13-14-15-16-17-31-30-25-33(40-3)32(39-2)24-28(30)22-23-38(31)26-27-18-20-29(21-19-27)34(35,36)37/h18-21,24-25,31H,4-17,22-23,26H2,1-3H3. The third kappa shape index (κ3) is 10.0. The van der Waals surface area contributed by atoms with E-state index in [9.17, 15) is 13.2 Å². The van der Waals surface area contributed by atoms with Crippen molar-refractivity contribution in [1.29, 1.82) is 0 Å². The molecule has 0 saturated carbocycles. The van der Waals surface area contributed by atoms with Gasteiger partial charge in [0.25, 0.3) is 0 Å². The van der Waals surface area contributed by atoms with Gasteiger partial charge in [0.2, 0.25) is 0 Å². The van der Waals surface area contributed by atoms with Crippen LogP contribution >= 0.6 is 0 Å². The van der Waals surface area contributed by atoms with Crippen LogP contribution in [0, 0.1) is 0 Å². The molecule has 2 aromatic carbocycles. The summed E-state index contributed by atoms with van der Waals surface area (Å²) in [5, 5.41) is 0. The van der Waals surface area contributed by atoms with Gasteiger partial charge in [-0.05, 0) is 53.8 Å². The fraction of sp³-hybridized carbons (Fsp3) is 0.647. The Balaban J connectivity index is 1.54. The molecule has 2 aromatic rings. The van der Waals surface area contributed by atoms with Gasteiger partial charge in [-0.1, -0.05) is 103 Å². The molecule has 40 heavy (non-hydrogen) atoms. The maximum atomic E-state index is 13.1. The van der Waals surface area contributed by atoms with E-state index in [-0.39, 0.29) is 6.04 Å². The van der Waals surface area contributed by atoms with Crippen molar-refractivity contribution < 1.29 is 22.6 Å². The minimum atomic E-state index is -4.31. The molecule has 0 amide bonds. The minimum absolute atomic E-state index is 0.207. The van der Waals surface area contributed by atoms with Gasteiger partial charge in [-0.2, -0.15) is 13.2 Å². The van der Waals surface area contributed by atoms with Crippen LogP contribution in [0.2, 0.25) is 0 Å². The fourth-order valence-corrected chi connectivity index (χ4v) is 6.00. The van der Waals surface area contributed by atoms with Gasteiger partial charge in [0.1, 0.15) is 0 Å².